The second-order valence-corrected chi connectivity index (χ2v) is 4.75. The maximum atomic E-state index is 11.9. The highest BCUT2D eigenvalue weighted by atomic mass is 32.1. The van der Waals surface area contributed by atoms with Crippen LogP contribution >= 0.6 is 11.3 Å². The fraction of sp³-hybridized carbons (Fsp3) is 0.143. The van der Waals surface area contributed by atoms with Gasteiger partial charge in [0.2, 0.25) is 0 Å². The number of rotatable bonds is 4. The number of nitrogens with one attached hydrogen (secondary N) is 1. The number of ether oxygens (including phenoxy) is 1. The number of thiophene rings is 1. The summed E-state index contributed by atoms with van der Waals surface area (Å²) >= 11 is 1.33. The van der Waals surface area contributed by atoms with Gasteiger partial charge in [0, 0.05) is 17.1 Å². The Bertz CT molecular complexity index is 611. The van der Waals surface area contributed by atoms with Crippen molar-refractivity contribution in [2.75, 3.05) is 12.4 Å². The maximum Gasteiger partial charge on any atom is 0.265 e. The number of anilines is 1. The summed E-state index contributed by atoms with van der Waals surface area (Å²) in [4.78, 5) is 12.5. The molecule has 0 unspecified atom stereocenters. The van der Waals surface area contributed by atoms with E-state index >= 15 is 0 Å². The Morgan fingerprint density at radius 2 is 2.16 bits per heavy atom. The van der Waals surface area contributed by atoms with E-state index in [9.17, 15) is 4.79 Å². The molecule has 1 heterocycles. The first-order chi connectivity index (χ1) is 9.22. The molecule has 0 bridgehead atoms. The highest BCUT2D eigenvalue weighted by Crippen LogP contribution is 2.22. The Morgan fingerprint density at radius 3 is 2.74 bits per heavy atom. The van der Waals surface area contributed by atoms with Crippen molar-refractivity contribution in [1.82, 2.24) is 0 Å². The molecule has 0 radical (unpaired) electrons. The van der Waals surface area contributed by atoms with Gasteiger partial charge in [-0.1, -0.05) is 12.1 Å². The van der Waals surface area contributed by atoms with Gasteiger partial charge in [0.25, 0.3) is 5.91 Å². The van der Waals surface area contributed by atoms with Crippen molar-refractivity contribution in [2.24, 2.45) is 0 Å². The third-order valence-corrected chi connectivity index (χ3v) is 3.44. The zero-order valence-electron chi connectivity index (χ0n) is 10.3. The molecule has 2 aromatic rings. The number of nitriles is 1. The van der Waals surface area contributed by atoms with E-state index in [1.807, 2.05) is 12.1 Å². The second-order valence-electron chi connectivity index (χ2n) is 3.84. The van der Waals surface area contributed by atoms with Crippen molar-refractivity contribution in [3.8, 4) is 11.8 Å². The number of benzene rings is 1. The largest absolute Gasteiger partial charge is 0.496 e. The maximum absolute atomic E-state index is 11.9. The van der Waals surface area contributed by atoms with Crippen molar-refractivity contribution in [2.45, 2.75) is 6.42 Å². The third kappa shape index (κ3) is 3.33. The lowest BCUT2D eigenvalue weighted by atomic mass is 10.1. The summed E-state index contributed by atoms with van der Waals surface area (Å²) in [5.74, 6) is 0.515. The molecule has 0 fully saturated rings. The van der Waals surface area contributed by atoms with Gasteiger partial charge >= 0.3 is 0 Å². The number of nitrogens with zero attached hydrogens (tertiary/aromatic N) is 1. The highest BCUT2D eigenvalue weighted by molar-refractivity contribution is 7.12. The summed E-state index contributed by atoms with van der Waals surface area (Å²) in [6.45, 7) is 0. The lowest BCUT2D eigenvalue weighted by Crippen LogP contribution is -2.09. The van der Waals surface area contributed by atoms with Crippen LogP contribution in [0.3, 0.4) is 0 Å². The second kappa shape index (κ2) is 6.03. The molecule has 0 saturated heterocycles. The van der Waals surface area contributed by atoms with Crippen LogP contribution in [0.1, 0.15) is 15.2 Å². The molecule has 5 heteroatoms. The average molecular weight is 272 g/mol. The predicted octanol–water partition coefficient (Wildman–Crippen LogP) is 3.08. The number of carbonyl (C=O) groups is 1. The smallest absolute Gasteiger partial charge is 0.265 e. The fourth-order valence-electron chi connectivity index (χ4n) is 1.53. The van der Waals surface area contributed by atoms with E-state index in [0.717, 1.165) is 5.56 Å². The normalized spacial score (nSPS) is 9.68. The third-order valence-electron chi connectivity index (χ3n) is 2.53. The SMILES string of the molecule is COc1csc(C(=O)Nc2ccc(CC#N)cc2)c1. The Labute approximate surface area is 115 Å². The monoisotopic (exact) mass is 272 g/mol. The fourth-order valence-corrected chi connectivity index (χ4v) is 2.28. The molecule has 0 aliphatic rings. The van der Waals surface area contributed by atoms with Crippen LogP contribution < -0.4 is 10.1 Å². The van der Waals surface area contributed by atoms with E-state index in [0.29, 0.717) is 22.7 Å². The minimum absolute atomic E-state index is 0.165. The standard InChI is InChI=1S/C14H12N2O2S/c1-18-12-8-13(19-9-12)14(17)16-11-4-2-10(3-5-11)6-7-15/h2-5,8-9H,6H2,1H3,(H,16,17). The molecule has 1 aromatic carbocycles. The van der Waals surface area contributed by atoms with Gasteiger partial charge in [-0.15, -0.1) is 11.3 Å². The van der Waals surface area contributed by atoms with E-state index < -0.39 is 0 Å². The van der Waals surface area contributed by atoms with E-state index in [1.165, 1.54) is 11.3 Å². The van der Waals surface area contributed by atoms with Crippen LogP contribution in [-0.2, 0) is 6.42 Å². The van der Waals surface area contributed by atoms with Gasteiger partial charge in [-0.3, -0.25) is 4.79 Å². The summed E-state index contributed by atoms with van der Waals surface area (Å²) in [7, 11) is 1.57. The van der Waals surface area contributed by atoms with Crippen LogP contribution in [0, 0.1) is 11.3 Å². The first-order valence-corrected chi connectivity index (χ1v) is 6.50. The van der Waals surface area contributed by atoms with E-state index in [2.05, 4.69) is 11.4 Å². The van der Waals surface area contributed by atoms with Crippen LogP contribution in [0.5, 0.6) is 5.75 Å². The van der Waals surface area contributed by atoms with Crippen LogP contribution in [0.15, 0.2) is 35.7 Å². The van der Waals surface area contributed by atoms with E-state index in [1.54, 1.807) is 30.7 Å². The van der Waals surface area contributed by atoms with Gasteiger partial charge in [0.05, 0.1) is 24.5 Å². The summed E-state index contributed by atoms with van der Waals surface area (Å²) in [5.41, 5.74) is 1.64. The average Bonchev–Trinajstić information content (AvgIpc) is 2.90. The van der Waals surface area contributed by atoms with Crippen LogP contribution in [0.2, 0.25) is 0 Å². The highest BCUT2D eigenvalue weighted by Gasteiger charge is 2.09. The minimum atomic E-state index is -0.165. The lowest BCUT2D eigenvalue weighted by Gasteiger charge is -2.04. The van der Waals surface area contributed by atoms with Gasteiger partial charge < -0.3 is 10.1 Å². The molecular weight excluding hydrogens is 260 g/mol. The molecule has 19 heavy (non-hydrogen) atoms. The van der Waals surface area contributed by atoms with Gasteiger partial charge in [-0.2, -0.15) is 5.26 Å². The Balaban J connectivity index is 2.04. The van der Waals surface area contributed by atoms with Crippen molar-refractivity contribution in [3.63, 3.8) is 0 Å². The number of hydrogen-bond acceptors (Lipinski definition) is 4. The Kier molecular flexibility index (Phi) is 4.16. The van der Waals surface area contributed by atoms with Gasteiger partial charge in [-0.05, 0) is 17.7 Å². The Hall–Kier alpha value is -2.32. The summed E-state index contributed by atoms with van der Waals surface area (Å²) < 4.78 is 5.04. The molecular formula is C14H12N2O2S. The number of methoxy groups -OCH3 is 1. The van der Waals surface area contributed by atoms with Gasteiger partial charge in [-0.25, -0.2) is 0 Å². The van der Waals surface area contributed by atoms with Gasteiger partial charge in [0.15, 0.2) is 0 Å². The van der Waals surface area contributed by atoms with E-state index in [-0.39, 0.29) is 5.91 Å². The molecule has 1 N–H and O–H groups in total. The molecule has 0 spiro atoms. The number of carbonyl (C=O) groups excluding carboxylic acids is 1. The molecule has 0 saturated carbocycles. The zero-order valence-corrected chi connectivity index (χ0v) is 11.2. The van der Waals surface area contributed by atoms with Crippen LogP contribution in [0.25, 0.3) is 0 Å². The van der Waals surface area contributed by atoms with Crippen LogP contribution in [0.4, 0.5) is 5.69 Å². The first-order valence-electron chi connectivity index (χ1n) is 5.62. The molecule has 1 aromatic heterocycles. The molecule has 0 atom stereocenters. The van der Waals surface area contributed by atoms with E-state index in [4.69, 9.17) is 10.00 Å². The van der Waals surface area contributed by atoms with Crippen molar-refractivity contribution < 1.29 is 9.53 Å². The quantitative estimate of drug-likeness (QED) is 0.930. The summed E-state index contributed by atoms with van der Waals surface area (Å²) in [6, 6.07) is 11.0. The predicted molar refractivity (Wildman–Crippen MR) is 74.6 cm³/mol. The molecule has 4 nitrogen and oxygen atoms in total. The molecule has 0 aliphatic heterocycles. The summed E-state index contributed by atoms with van der Waals surface area (Å²) in [5, 5.41) is 13.2. The minimum Gasteiger partial charge on any atom is -0.496 e. The summed E-state index contributed by atoms with van der Waals surface area (Å²) in [6.07, 6.45) is 0.371. The first kappa shape index (κ1) is 13.1. The van der Waals surface area contributed by atoms with Crippen molar-refractivity contribution in [1.29, 1.82) is 5.26 Å². The van der Waals surface area contributed by atoms with Crippen molar-refractivity contribution in [3.05, 3.63) is 46.2 Å². The topological polar surface area (TPSA) is 62.1 Å². The molecule has 2 rings (SSSR count). The molecule has 0 aliphatic carbocycles. The number of amides is 1. The lowest BCUT2D eigenvalue weighted by molar-refractivity contribution is 0.103. The van der Waals surface area contributed by atoms with Crippen molar-refractivity contribution >= 4 is 22.9 Å². The zero-order chi connectivity index (χ0) is 13.7. The number of hydrogen-bond donors (Lipinski definition) is 1. The molecule has 96 valence electrons. The van der Waals surface area contributed by atoms with Gasteiger partial charge in [0.1, 0.15) is 5.75 Å². The van der Waals surface area contributed by atoms with Crippen LogP contribution in [-0.4, -0.2) is 13.0 Å². The Morgan fingerprint density at radius 1 is 1.42 bits per heavy atom. The molecule has 1 amide bonds.